The number of piperazine rings is 1. The zero-order valence-corrected chi connectivity index (χ0v) is 18.0. The number of para-hydroxylation sites is 1. The molecular formula is C25H31N4O+. The van der Waals surface area contributed by atoms with E-state index in [-0.39, 0.29) is 5.91 Å². The van der Waals surface area contributed by atoms with Gasteiger partial charge in [-0.25, -0.2) is 4.68 Å². The monoisotopic (exact) mass is 403 g/mol. The fourth-order valence-electron chi connectivity index (χ4n) is 4.38. The molecule has 2 aromatic carbocycles. The first-order valence-electron chi connectivity index (χ1n) is 10.9. The second kappa shape index (κ2) is 9.26. The third kappa shape index (κ3) is 4.62. The molecule has 1 N–H and O–H groups in total. The molecule has 1 amide bonds. The van der Waals surface area contributed by atoms with Crippen molar-refractivity contribution < 1.29 is 9.69 Å². The van der Waals surface area contributed by atoms with Gasteiger partial charge in [-0.15, -0.1) is 0 Å². The fraction of sp³-hybridized carbons (Fsp3) is 0.360. The molecule has 30 heavy (non-hydrogen) atoms. The Morgan fingerprint density at radius 3 is 2.27 bits per heavy atom. The molecular weight excluding hydrogens is 372 g/mol. The molecule has 1 aliphatic rings. The quantitative estimate of drug-likeness (QED) is 0.687. The van der Waals surface area contributed by atoms with E-state index >= 15 is 0 Å². The summed E-state index contributed by atoms with van der Waals surface area (Å²) in [6.45, 7) is 8.91. The van der Waals surface area contributed by atoms with Crippen molar-refractivity contribution in [2.24, 2.45) is 0 Å². The van der Waals surface area contributed by atoms with E-state index in [2.05, 4.69) is 49.4 Å². The topological polar surface area (TPSA) is 42.6 Å². The van der Waals surface area contributed by atoms with Crippen LogP contribution in [0.2, 0.25) is 0 Å². The number of carbonyl (C=O) groups is 1. The van der Waals surface area contributed by atoms with Crippen LogP contribution in [-0.2, 0) is 17.8 Å². The molecule has 0 radical (unpaired) electrons. The number of hydrogen-bond donors (Lipinski definition) is 1. The highest BCUT2D eigenvalue weighted by Gasteiger charge is 2.24. The molecule has 3 aromatic rings. The molecule has 5 heteroatoms. The van der Waals surface area contributed by atoms with Gasteiger partial charge in [0, 0.05) is 17.7 Å². The molecule has 1 aliphatic heterocycles. The summed E-state index contributed by atoms with van der Waals surface area (Å²) in [6.07, 6.45) is 1.30. The van der Waals surface area contributed by atoms with Crippen LogP contribution in [0.25, 0.3) is 5.69 Å². The predicted molar refractivity (Wildman–Crippen MR) is 119 cm³/mol. The first-order chi connectivity index (χ1) is 14.6. The Morgan fingerprint density at radius 2 is 1.60 bits per heavy atom. The molecule has 156 valence electrons. The minimum Gasteiger partial charge on any atom is -0.331 e. The minimum atomic E-state index is 0.264. The molecule has 1 saturated heterocycles. The van der Waals surface area contributed by atoms with Crippen LogP contribution < -0.4 is 4.90 Å². The molecule has 0 saturated carbocycles. The largest absolute Gasteiger partial charge is 0.331 e. The van der Waals surface area contributed by atoms with E-state index in [1.807, 2.05) is 34.7 Å². The van der Waals surface area contributed by atoms with Crippen LogP contribution in [0.15, 0.2) is 60.7 Å². The third-order valence-electron chi connectivity index (χ3n) is 6.15. The fourth-order valence-corrected chi connectivity index (χ4v) is 4.38. The van der Waals surface area contributed by atoms with Crippen LogP contribution in [0.3, 0.4) is 0 Å². The third-order valence-corrected chi connectivity index (χ3v) is 6.15. The van der Waals surface area contributed by atoms with Gasteiger partial charge in [-0.2, -0.15) is 5.10 Å². The van der Waals surface area contributed by atoms with Crippen molar-refractivity contribution >= 4 is 5.91 Å². The van der Waals surface area contributed by atoms with E-state index in [0.29, 0.717) is 6.42 Å². The number of quaternary nitrogens is 1. The van der Waals surface area contributed by atoms with Crippen LogP contribution in [0, 0.1) is 13.8 Å². The second-order valence-corrected chi connectivity index (χ2v) is 8.19. The maximum atomic E-state index is 12.8. The Bertz CT molecular complexity index is 973. The maximum absolute atomic E-state index is 12.8. The number of hydrogen-bond acceptors (Lipinski definition) is 2. The van der Waals surface area contributed by atoms with Crippen molar-refractivity contribution in [3.63, 3.8) is 0 Å². The molecule has 0 spiro atoms. The molecule has 0 bridgehead atoms. The van der Waals surface area contributed by atoms with E-state index < -0.39 is 0 Å². The van der Waals surface area contributed by atoms with Crippen LogP contribution in [0.4, 0.5) is 0 Å². The number of aryl methyl sites for hydroxylation is 1. The van der Waals surface area contributed by atoms with Gasteiger partial charge in [-0.05, 0) is 38.0 Å². The second-order valence-electron chi connectivity index (χ2n) is 8.19. The highest BCUT2D eigenvalue weighted by molar-refractivity contribution is 5.76. The molecule has 5 nitrogen and oxygen atoms in total. The zero-order valence-electron chi connectivity index (χ0n) is 18.0. The highest BCUT2D eigenvalue weighted by Crippen LogP contribution is 2.19. The van der Waals surface area contributed by atoms with Gasteiger partial charge >= 0.3 is 0 Å². The summed E-state index contributed by atoms with van der Waals surface area (Å²) in [6, 6.07) is 20.8. The summed E-state index contributed by atoms with van der Waals surface area (Å²) >= 11 is 0. The van der Waals surface area contributed by atoms with Gasteiger partial charge in [0.05, 0.1) is 37.6 Å². The lowest BCUT2D eigenvalue weighted by Gasteiger charge is -2.32. The highest BCUT2D eigenvalue weighted by atomic mass is 16.2. The van der Waals surface area contributed by atoms with Crippen molar-refractivity contribution in [3.05, 3.63) is 83.2 Å². The van der Waals surface area contributed by atoms with Crippen LogP contribution in [0.5, 0.6) is 0 Å². The van der Waals surface area contributed by atoms with Gasteiger partial charge in [-0.3, -0.25) is 4.79 Å². The number of nitrogens with zero attached hydrogens (tertiary/aromatic N) is 3. The molecule has 1 fully saturated rings. The predicted octanol–water partition coefficient (Wildman–Crippen LogP) is 2.35. The average molecular weight is 404 g/mol. The number of carbonyl (C=O) groups excluding carboxylic acids is 1. The number of nitrogens with one attached hydrogen (secondary N) is 1. The summed E-state index contributed by atoms with van der Waals surface area (Å²) in [7, 11) is 0. The van der Waals surface area contributed by atoms with Crippen molar-refractivity contribution in [1.82, 2.24) is 14.7 Å². The normalized spacial score (nSPS) is 14.8. The lowest BCUT2D eigenvalue weighted by molar-refractivity contribution is -0.917. The average Bonchev–Trinajstić information content (AvgIpc) is 3.07. The molecule has 0 atom stereocenters. The first kappa shape index (κ1) is 20.4. The molecule has 1 aromatic heterocycles. The summed E-state index contributed by atoms with van der Waals surface area (Å²) in [5.74, 6) is 0.264. The molecule has 0 unspecified atom stereocenters. The van der Waals surface area contributed by atoms with Gasteiger partial charge in [0.25, 0.3) is 0 Å². The summed E-state index contributed by atoms with van der Waals surface area (Å²) < 4.78 is 1.99. The standard InChI is InChI=1S/C25H30N4O/c1-20-24(21(2)29(26-20)23-11-7-4-8-12-23)13-14-25(30)28-17-15-27(16-18-28)19-22-9-5-3-6-10-22/h3-12H,13-19H2,1-2H3/p+1. The van der Waals surface area contributed by atoms with Crippen LogP contribution in [0.1, 0.15) is 28.9 Å². The minimum absolute atomic E-state index is 0.264. The van der Waals surface area contributed by atoms with E-state index in [1.54, 1.807) is 4.90 Å². The zero-order chi connectivity index (χ0) is 20.9. The van der Waals surface area contributed by atoms with Crippen LogP contribution >= 0.6 is 0 Å². The summed E-state index contributed by atoms with van der Waals surface area (Å²) in [4.78, 5) is 16.4. The van der Waals surface area contributed by atoms with E-state index in [4.69, 9.17) is 5.10 Å². The Kier molecular flexibility index (Phi) is 6.29. The van der Waals surface area contributed by atoms with E-state index in [0.717, 1.165) is 56.2 Å². The summed E-state index contributed by atoms with van der Waals surface area (Å²) in [5.41, 5.74) is 5.77. The number of rotatable bonds is 6. The first-order valence-corrected chi connectivity index (χ1v) is 10.9. The Balaban J connectivity index is 1.31. The van der Waals surface area contributed by atoms with Gasteiger partial charge in [-0.1, -0.05) is 48.5 Å². The lowest BCUT2D eigenvalue weighted by Crippen LogP contribution is -3.13. The number of aromatic nitrogens is 2. The lowest BCUT2D eigenvalue weighted by atomic mass is 10.1. The number of amides is 1. The smallest absolute Gasteiger partial charge is 0.223 e. The van der Waals surface area contributed by atoms with E-state index in [9.17, 15) is 4.79 Å². The maximum Gasteiger partial charge on any atom is 0.223 e. The van der Waals surface area contributed by atoms with Gasteiger partial charge in [0.1, 0.15) is 6.54 Å². The van der Waals surface area contributed by atoms with Crippen LogP contribution in [-0.4, -0.2) is 46.8 Å². The molecule has 4 rings (SSSR count). The van der Waals surface area contributed by atoms with E-state index in [1.165, 1.54) is 11.1 Å². The molecule has 0 aliphatic carbocycles. The summed E-state index contributed by atoms with van der Waals surface area (Å²) in [5, 5.41) is 4.71. The Labute approximate surface area is 178 Å². The Morgan fingerprint density at radius 1 is 0.967 bits per heavy atom. The van der Waals surface area contributed by atoms with Crippen molar-refractivity contribution in [1.29, 1.82) is 0 Å². The van der Waals surface area contributed by atoms with Crippen molar-refractivity contribution in [2.75, 3.05) is 26.2 Å². The SMILES string of the molecule is Cc1nn(-c2ccccc2)c(C)c1CCC(=O)N1CC[NH+](Cc2ccccc2)CC1. The van der Waals surface area contributed by atoms with Gasteiger partial charge in [0.15, 0.2) is 0 Å². The molecule has 2 heterocycles. The van der Waals surface area contributed by atoms with Crippen molar-refractivity contribution in [3.8, 4) is 5.69 Å². The Hall–Kier alpha value is -2.92. The van der Waals surface area contributed by atoms with Gasteiger partial charge < -0.3 is 9.80 Å². The van der Waals surface area contributed by atoms with Gasteiger partial charge in [0.2, 0.25) is 5.91 Å². The number of benzene rings is 2. The van der Waals surface area contributed by atoms with Crippen molar-refractivity contribution in [2.45, 2.75) is 33.2 Å².